The van der Waals surface area contributed by atoms with Crippen molar-refractivity contribution in [2.24, 2.45) is 11.8 Å². The van der Waals surface area contributed by atoms with Gasteiger partial charge in [0.05, 0.1) is 43.6 Å². The van der Waals surface area contributed by atoms with E-state index in [9.17, 15) is 59.4 Å². The van der Waals surface area contributed by atoms with Crippen LogP contribution in [-0.2, 0) is 42.8 Å². The maximum atomic E-state index is 13.6. The Balaban J connectivity index is 1.54. The van der Waals surface area contributed by atoms with Crippen LogP contribution in [0.2, 0.25) is 0 Å². The number of methoxy groups -OCH3 is 1. The van der Waals surface area contributed by atoms with Crippen molar-refractivity contribution >= 4 is 36.4 Å². The van der Waals surface area contributed by atoms with Crippen molar-refractivity contribution in [2.75, 3.05) is 19.5 Å². The molecule has 59 heavy (non-hydrogen) atoms. The molecule has 1 aromatic heterocycles. The predicted octanol–water partition coefficient (Wildman–Crippen LogP) is -3.36. The molecule has 5 rings (SSSR count). The molecule has 0 bridgehead atoms. The van der Waals surface area contributed by atoms with Gasteiger partial charge in [-0.1, -0.05) is 32.1 Å². The van der Waals surface area contributed by atoms with Crippen LogP contribution in [0.1, 0.15) is 68.8 Å². The molecule has 3 heterocycles. The SMILES string of the molecule is COC(=O)C1CC(NC(=O)c2cc(=O)[nH]c(=O)[nH]2)C(O[C@@H]2OC(C)[C@@H](O)C(O)C2O)[C@H](O[C@@H]2OC(CO)[C@H](O)C(O[C@@H](CC3CCCCC3)C(=O)O)C2NC(=O)CS)C1. The lowest BCUT2D eigenvalue weighted by molar-refractivity contribution is -0.335. The molecule has 10 N–H and O–H groups in total. The van der Waals surface area contributed by atoms with Crippen LogP contribution in [0.3, 0.4) is 0 Å². The van der Waals surface area contributed by atoms with Crippen molar-refractivity contribution in [3.05, 3.63) is 32.6 Å². The van der Waals surface area contributed by atoms with Crippen LogP contribution < -0.4 is 21.9 Å². The van der Waals surface area contributed by atoms with Gasteiger partial charge in [-0.05, 0) is 32.1 Å². The van der Waals surface area contributed by atoms with Crippen LogP contribution in [0, 0.1) is 11.8 Å². The lowest BCUT2D eigenvalue weighted by atomic mass is 9.81. The molecule has 2 amide bonds. The molecular weight excluding hydrogens is 808 g/mol. The average Bonchev–Trinajstić information content (AvgIpc) is 3.21. The van der Waals surface area contributed by atoms with Gasteiger partial charge in [0.15, 0.2) is 18.7 Å². The minimum atomic E-state index is -1.88. The second-order valence-corrected chi connectivity index (χ2v) is 15.7. The number of amides is 2. The quantitative estimate of drug-likeness (QED) is 0.0606. The number of carboxylic acid groups (broad SMARTS) is 1. The Kier molecular flexibility index (Phi) is 16.5. The van der Waals surface area contributed by atoms with Gasteiger partial charge in [-0.15, -0.1) is 0 Å². The molecule has 1 aromatic rings. The zero-order valence-electron chi connectivity index (χ0n) is 32.4. The number of esters is 1. The third kappa shape index (κ3) is 11.5. The van der Waals surface area contributed by atoms with Crippen LogP contribution in [0.5, 0.6) is 0 Å². The molecular formula is C36H54N4O18S. The van der Waals surface area contributed by atoms with Gasteiger partial charge in [-0.25, -0.2) is 9.59 Å². The van der Waals surface area contributed by atoms with Gasteiger partial charge >= 0.3 is 17.6 Å². The van der Waals surface area contributed by atoms with Gasteiger partial charge < -0.3 is 74.7 Å². The summed E-state index contributed by atoms with van der Waals surface area (Å²) in [7, 11) is 1.12. The lowest BCUT2D eigenvalue weighted by Gasteiger charge is -2.49. The first-order valence-electron chi connectivity index (χ1n) is 19.5. The number of aliphatic hydroxyl groups excluding tert-OH is 5. The topological polar surface area (TPSA) is 335 Å². The molecule has 4 aliphatic rings. The Morgan fingerprint density at radius 3 is 2.25 bits per heavy atom. The van der Waals surface area contributed by atoms with E-state index in [-0.39, 0.29) is 30.9 Å². The van der Waals surface area contributed by atoms with Crippen LogP contribution in [0.25, 0.3) is 0 Å². The zero-order chi connectivity index (χ0) is 43.1. The van der Waals surface area contributed by atoms with Crippen LogP contribution >= 0.6 is 12.6 Å². The maximum Gasteiger partial charge on any atom is 0.332 e. The highest BCUT2D eigenvalue weighted by Crippen LogP contribution is 2.37. The van der Waals surface area contributed by atoms with Crippen molar-refractivity contribution in [1.82, 2.24) is 20.6 Å². The fraction of sp³-hybridized carbons (Fsp3) is 0.778. The van der Waals surface area contributed by atoms with E-state index in [1.54, 1.807) is 0 Å². The van der Waals surface area contributed by atoms with Crippen LogP contribution in [0.15, 0.2) is 15.7 Å². The number of aliphatic carboxylic acids is 1. The second kappa shape index (κ2) is 20.9. The number of carboxylic acids is 1. The largest absolute Gasteiger partial charge is 0.479 e. The molecule has 15 atom stereocenters. The second-order valence-electron chi connectivity index (χ2n) is 15.4. The number of ether oxygens (including phenoxy) is 6. The molecule has 9 unspecified atom stereocenters. The molecule has 23 heteroatoms. The number of carbonyl (C=O) groups is 4. The Morgan fingerprint density at radius 1 is 0.915 bits per heavy atom. The highest BCUT2D eigenvalue weighted by molar-refractivity contribution is 7.81. The van der Waals surface area contributed by atoms with Crippen molar-refractivity contribution < 1.29 is 78.2 Å². The number of nitrogens with one attached hydrogen (secondary N) is 4. The van der Waals surface area contributed by atoms with E-state index in [1.807, 2.05) is 4.98 Å². The Bertz CT molecular complexity index is 1700. The number of aliphatic hydroxyl groups is 5. The van der Waals surface area contributed by atoms with E-state index >= 15 is 0 Å². The summed E-state index contributed by atoms with van der Waals surface area (Å²) in [6.45, 7) is 0.557. The van der Waals surface area contributed by atoms with Crippen molar-refractivity contribution in [3.63, 3.8) is 0 Å². The third-order valence-corrected chi connectivity index (χ3v) is 11.6. The minimum Gasteiger partial charge on any atom is -0.479 e. The smallest absolute Gasteiger partial charge is 0.332 e. The lowest BCUT2D eigenvalue weighted by Crippen LogP contribution is -2.68. The molecule has 0 radical (unpaired) electrons. The Hall–Kier alpha value is -3.49. The van der Waals surface area contributed by atoms with Crippen molar-refractivity contribution in [1.29, 1.82) is 0 Å². The molecule has 2 aliphatic carbocycles. The number of carbonyl (C=O) groups excluding carboxylic acids is 3. The van der Waals surface area contributed by atoms with Gasteiger partial charge in [-0.2, -0.15) is 12.6 Å². The first kappa shape index (κ1) is 46.6. The first-order chi connectivity index (χ1) is 28.0. The number of aromatic nitrogens is 2. The molecule has 0 spiro atoms. The van der Waals surface area contributed by atoms with Crippen molar-refractivity contribution in [2.45, 2.75) is 144 Å². The van der Waals surface area contributed by atoms with Gasteiger partial charge in [0.1, 0.15) is 54.5 Å². The van der Waals surface area contributed by atoms with Crippen molar-refractivity contribution in [3.8, 4) is 0 Å². The molecule has 2 saturated carbocycles. The molecule has 4 fully saturated rings. The molecule has 22 nitrogen and oxygen atoms in total. The highest BCUT2D eigenvalue weighted by Gasteiger charge is 2.53. The molecule has 332 valence electrons. The van der Waals surface area contributed by atoms with E-state index in [0.717, 1.165) is 45.3 Å². The summed E-state index contributed by atoms with van der Waals surface area (Å²) in [5, 5.41) is 69.2. The predicted molar refractivity (Wildman–Crippen MR) is 201 cm³/mol. The molecule has 2 aliphatic heterocycles. The summed E-state index contributed by atoms with van der Waals surface area (Å²) >= 11 is 4.04. The summed E-state index contributed by atoms with van der Waals surface area (Å²) in [4.78, 5) is 80.5. The third-order valence-electron chi connectivity index (χ3n) is 11.3. The number of H-pyrrole nitrogens is 2. The van der Waals surface area contributed by atoms with E-state index in [2.05, 4.69) is 28.2 Å². The van der Waals surface area contributed by atoms with E-state index in [0.29, 0.717) is 0 Å². The normalized spacial score (nSPS) is 35.9. The van der Waals surface area contributed by atoms with Gasteiger partial charge in [0.25, 0.3) is 11.5 Å². The monoisotopic (exact) mass is 862 g/mol. The Labute approximate surface area is 342 Å². The summed E-state index contributed by atoms with van der Waals surface area (Å²) < 4.78 is 35.5. The number of hydrogen-bond acceptors (Lipinski definition) is 18. The van der Waals surface area contributed by atoms with Crippen LogP contribution in [-0.4, -0.2) is 170 Å². The zero-order valence-corrected chi connectivity index (χ0v) is 33.3. The fourth-order valence-electron chi connectivity index (χ4n) is 8.18. The van der Waals surface area contributed by atoms with Crippen LogP contribution in [0.4, 0.5) is 0 Å². The number of rotatable bonds is 15. The number of thiol groups is 1. The standard InChI is InChI=1S/C36H54N4O18S/c1-14-25(44)27(46)28(47)35(54-14)58-29-17(37-31(48)18-11-22(42)40-36(52)38-18)9-16(33(51)53-2)10-19(29)56-34-24(39-23(43)13-59)30(26(45)21(12-41)57-34)55-20(32(49)50)8-15-6-4-3-5-7-15/h11,14-17,19-21,24-30,34-35,41,44-47,59H,3-10,12-13H2,1-2H3,(H,37,48)(H,39,43)(H,49,50)(H2,38,40,42,52)/t14?,16?,17?,19-,20+,21?,24?,25-,26+,27?,28?,29?,30?,34-,35+/m1/s1. The minimum absolute atomic E-state index is 0.00216. The maximum absolute atomic E-state index is 13.6. The van der Waals surface area contributed by atoms with Gasteiger partial charge in [0, 0.05) is 6.07 Å². The van der Waals surface area contributed by atoms with E-state index < -0.39 is 139 Å². The molecule has 2 saturated heterocycles. The highest BCUT2D eigenvalue weighted by atomic mass is 32.1. The van der Waals surface area contributed by atoms with E-state index in [1.165, 1.54) is 6.92 Å². The number of aromatic amines is 2. The summed E-state index contributed by atoms with van der Waals surface area (Å²) in [5.74, 6) is -5.32. The Morgan fingerprint density at radius 2 is 1.63 bits per heavy atom. The summed E-state index contributed by atoms with van der Waals surface area (Å²) in [5.41, 5.74) is -2.39. The van der Waals surface area contributed by atoms with Gasteiger partial charge in [0.2, 0.25) is 5.91 Å². The van der Waals surface area contributed by atoms with E-state index in [4.69, 9.17) is 28.4 Å². The first-order valence-corrected chi connectivity index (χ1v) is 20.1. The number of hydrogen-bond donors (Lipinski definition) is 11. The summed E-state index contributed by atoms with van der Waals surface area (Å²) in [6, 6.07) is -2.03. The molecule has 0 aromatic carbocycles. The van der Waals surface area contributed by atoms with Gasteiger partial charge in [-0.3, -0.25) is 24.2 Å². The average molecular weight is 863 g/mol. The summed E-state index contributed by atoms with van der Waals surface area (Å²) in [6.07, 6.45) is -15.0. The fourth-order valence-corrected chi connectivity index (χ4v) is 8.27.